The number of ether oxygens (including phenoxy) is 1. The molecule has 17 heavy (non-hydrogen) atoms. The molecule has 3 nitrogen and oxygen atoms in total. The molecule has 0 saturated heterocycles. The fraction of sp³-hybridized carbons (Fsp3) is 1.00. The molecule has 0 aromatic carbocycles. The Balaban J connectivity index is 1.77. The van der Waals surface area contributed by atoms with E-state index in [1.807, 2.05) is 0 Å². The monoisotopic (exact) mass is 242 g/mol. The number of hydrogen-bond acceptors (Lipinski definition) is 3. The Morgan fingerprint density at radius 1 is 1.18 bits per heavy atom. The average Bonchev–Trinajstić information content (AvgIpc) is 2.23. The Kier molecular flexibility index (Phi) is 7.82. The summed E-state index contributed by atoms with van der Waals surface area (Å²) < 4.78 is 5.56. The normalized spacial score (nSPS) is 24.0. The summed E-state index contributed by atoms with van der Waals surface area (Å²) >= 11 is 0. The molecular formula is C14H30N2O. The van der Waals surface area contributed by atoms with E-state index in [9.17, 15) is 0 Å². The van der Waals surface area contributed by atoms with Gasteiger partial charge in [0.2, 0.25) is 0 Å². The van der Waals surface area contributed by atoms with E-state index < -0.39 is 0 Å². The molecule has 0 spiro atoms. The predicted molar refractivity (Wildman–Crippen MR) is 73.4 cm³/mol. The molecule has 0 bridgehead atoms. The number of hydrogen-bond donors (Lipinski definition) is 2. The highest BCUT2D eigenvalue weighted by atomic mass is 16.5. The summed E-state index contributed by atoms with van der Waals surface area (Å²) in [4.78, 5) is 0. The third kappa shape index (κ3) is 7.02. The van der Waals surface area contributed by atoms with Crippen LogP contribution in [0.5, 0.6) is 0 Å². The van der Waals surface area contributed by atoms with Gasteiger partial charge in [-0.15, -0.1) is 0 Å². The van der Waals surface area contributed by atoms with Gasteiger partial charge in [0.25, 0.3) is 0 Å². The maximum absolute atomic E-state index is 5.56. The van der Waals surface area contributed by atoms with E-state index in [0.29, 0.717) is 12.1 Å². The molecule has 0 radical (unpaired) electrons. The lowest BCUT2D eigenvalue weighted by atomic mass is 9.80. The molecule has 2 N–H and O–H groups in total. The minimum atomic E-state index is 0.570. The van der Waals surface area contributed by atoms with Crippen molar-refractivity contribution in [1.29, 1.82) is 0 Å². The largest absolute Gasteiger partial charge is 0.378 e. The van der Waals surface area contributed by atoms with Crippen molar-refractivity contribution in [3.05, 3.63) is 0 Å². The Morgan fingerprint density at radius 2 is 1.94 bits per heavy atom. The van der Waals surface area contributed by atoms with Crippen LogP contribution in [0.25, 0.3) is 0 Å². The van der Waals surface area contributed by atoms with Crippen LogP contribution in [-0.4, -0.2) is 38.4 Å². The molecule has 0 unspecified atom stereocenters. The van der Waals surface area contributed by atoms with Crippen molar-refractivity contribution >= 4 is 0 Å². The second-order valence-electron chi connectivity index (χ2n) is 5.42. The van der Waals surface area contributed by atoms with Gasteiger partial charge in [-0.25, -0.2) is 0 Å². The molecule has 1 aliphatic rings. The van der Waals surface area contributed by atoms with E-state index in [1.54, 1.807) is 0 Å². The quantitative estimate of drug-likeness (QED) is 0.576. The topological polar surface area (TPSA) is 33.3 Å². The summed E-state index contributed by atoms with van der Waals surface area (Å²) in [7, 11) is 0. The molecule has 0 aliphatic heterocycles. The first kappa shape index (κ1) is 14.9. The summed E-state index contributed by atoms with van der Waals surface area (Å²) in [6, 6.07) is 0.612. The molecule has 0 atom stereocenters. The molecular weight excluding hydrogens is 212 g/mol. The third-order valence-corrected chi connectivity index (χ3v) is 3.41. The van der Waals surface area contributed by atoms with E-state index >= 15 is 0 Å². The van der Waals surface area contributed by atoms with Gasteiger partial charge in [0.05, 0.1) is 6.10 Å². The minimum absolute atomic E-state index is 0.570. The fourth-order valence-electron chi connectivity index (χ4n) is 2.32. The van der Waals surface area contributed by atoms with Crippen LogP contribution in [0.3, 0.4) is 0 Å². The van der Waals surface area contributed by atoms with Gasteiger partial charge in [-0.1, -0.05) is 13.8 Å². The Morgan fingerprint density at radius 3 is 2.59 bits per heavy atom. The van der Waals surface area contributed by atoms with Gasteiger partial charge in [0.15, 0.2) is 0 Å². The standard InChI is InChI=1S/C14H30N2O/c1-4-17-14-10-13(11-14)6-9-15-7-5-8-16-12(2)3/h12-16H,4-11H2,1-3H3. The zero-order valence-electron chi connectivity index (χ0n) is 11.8. The first-order valence-electron chi connectivity index (χ1n) is 7.28. The Hall–Kier alpha value is -0.120. The second-order valence-corrected chi connectivity index (χ2v) is 5.42. The molecule has 0 aromatic heterocycles. The van der Waals surface area contributed by atoms with Gasteiger partial charge in [0.1, 0.15) is 0 Å². The van der Waals surface area contributed by atoms with Gasteiger partial charge in [-0.3, -0.25) is 0 Å². The lowest BCUT2D eigenvalue weighted by Gasteiger charge is -2.35. The van der Waals surface area contributed by atoms with E-state index in [4.69, 9.17) is 4.74 Å². The van der Waals surface area contributed by atoms with Crippen molar-refractivity contribution in [2.45, 2.75) is 58.6 Å². The average molecular weight is 242 g/mol. The Bertz CT molecular complexity index is 179. The molecule has 1 aliphatic carbocycles. The molecule has 1 saturated carbocycles. The SMILES string of the molecule is CCOC1CC(CCNCCCNC(C)C)C1. The van der Waals surface area contributed by atoms with Crippen LogP contribution in [0.1, 0.15) is 46.5 Å². The lowest BCUT2D eigenvalue weighted by Crippen LogP contribution is -2.34. The van der Waals surface area contributed by atoms with Crippen molar-refractivity contribution in [3.63, 3.8) is 0 Å². The smallest absolute Gasteiger partial charge is 0.0580 e. The van der Waals surface area contributed by atoms with Crippen LogP contribution in [0.4, 0.5) is 0 Å². The molecule has 1 rings (SSSR count). The van der Waals surface area contributed by atoms with E-state index in [2.05, 4.69) is 31.4 Å². The van der Waals surface area contributed by atoms with Crippen molar-refractivity contribution in [2.75, 3.05) is 26.2 Å². The number of nitrogens with one attached hydrogen (secondary N) is 2. The maximum Gasteiger partial charge on any atom is 0.0580 e. The zero-order chi connectivity index (χ0) is 12.5. The highest BCUT2D eigenvalue weighted by Gasteiger charge is 2.28. The van der Waals surface area contributed by atoms with Crippen LogP contribution >= 0.6 is 0 Å². The minimum Gasteiger partial charge on any atom is -0.378 e. The predicted octanol–water partition coefficient (Wildman–Crippen LogP) is 2.17. The molecule has 102 valence electrons. The fourth-order valence-corrected chi connectivity index (χ4v) is 2.32. The summed E-state index contributed by atoms with van der Waals surface area (Å²) in [5.74, 6) is 0.910. The van der Waals surface area contributed by atoms with Crippen LogP contribution in [-0.2, 0) is 4.74 Å². The van der Waals surface area contributed by atoms with Gasteiger partial charge in [-0.05, 0) is 58.2 Å². The highest BCUT2D eigenvalue weighted by molar-refractivity contribution is 4.80. The van der Waals surface area contributed by atoms with E-state index in [-0.39, 0.29) is 0 Å². The molecule has 0 amide bonds. The number of rotatable bonds is 10. The lowest BCUT2D eigenvalue weighted by molar-refractivity contribution is -0.0262. The van der Waals surface area contributed by atoms with Crippen LogP contribution in [0, 0.1) is 5.92 Å². The van der Waals surface area contributed by atoms with E-state index in [1.165, 1.54) is 32.2 Å². The molecule has 0 aromatic rings. The maximum atomic E-state index is 5.56. The Labute approximate surface area is 107 Å². The summed E-state index contributed by atoms with van der Waals surface area (Å²) in [6.45, 7) is 10.8. The van der Waals surface area contributed by atoms with Gasteiger partial charge < -0.3 is 15.4 Å². The second kappa shape index (κ2) is 8.90. The van der Waals surface area contributed by atoms with Crippen molar-refractivity contribution in [2.24, 2.45) is 5.92 Å². The summed E-state index contributed by atoms with van der Waals surface area (Å²) in [5.41, 5.74) is 0. The van der Waals surface area contributed by atoms with Crippen molar-refractivity contribution in [3.8, 4) is 0 Å². The van der Waals surface area contributed by atoms with Crippen LogP contribution in [0.2, 0.25) is 0 Å². The first-order chi connectivity index (χ1) is 8.22. The van der Waals surface area contributed by atoms with E-state index in [0.717, 1.165) is 25.6 Å². The van der Waals surface area contributed by atoms with Crippen LogP contribution < -0.4 is 10.6 Å². The molecule has 1 fully saturated rings. The van der Waals surface area contributed by atoms with Gasteiger partial charge in [-0.2, -0.15) is 0 Å². The van der Waals surface area contributed by atoms with Crippen LogP contribution in [0.15, 0.2) is 0 Å². The third-order valence-electron chi connectivity index (χ3n) is 3.41. The van der Waals surface area contributed by atoms with Gasteiger partial charge >= 0.3 is 0 Å². The molecule has 0 heterocycles. The molecule has 3 heteroatoms. The highest BCUT2D eigenvalue weighted by Crippen LogP contribution is 2.32. The van der Waals surface area contributed by atoms with Crippen molar-refractivity contribution in [1.82, 2.24) is 10.6 Å². The van der Waals surface area contributed by atoms with Gasteiger partial charge in [0, 0.05) is 12.6 Å². The first-order valence-corrected chi connectivity index (χ1v) is 7.28. The zero-order valence-corrected chi connectivity index (χ0v) is 11.8. The summed E-state index contributed by atoms with van der Waals surface area (Å²) in [6.07, 6.45) is 5.68. The summed E-state index contributed by atoms with van der Waals surface area (Å²) in [5, 5.41) is 6.96. The van der Waals surface area contributed by atoms with Crippen molar-refractivity contribution < 1.29 is 4.74 Å².